The zero-order chi connectivity index (χ0) is 12.8. The highest BCUT2D eigenvalue weighted by Crippen LogP contribution is 2.59. The van der Waals surface area contributed by atoms with Crippen LogP contribution in [-0.2, 0) is 14.3 Å². The average molecular weight is 238 g/mol. The summed E-state index contributed by atoms with van der Waals surface area (Å²) in [6.07, 6.45) is 3.83. The summed E-state index contributed by atoms with van der Waals surface area (Å²) in [5.41, 5.74) is -0.147. The summed E-state index contributed by atoms with van der Waals surface area (Å²) in [6.45, 7) is 6.49. The molecule has 3 atom stereocenters. The van der Waals surface area contributed by atoms with E-state index >= 15 is 0 Å². The molecule has 0 bridgehead atoms. The van der Waals surface area contributed by atoms with Gasteiger partial charge in [-0.25, -0.2) is 0 Å². The number of hydrogen-bond donors (Lipinski definition) is 0. The van der Waals surface area contributed by atoms with Crippen LogP contribution >= 0.6 is 0 Å². The van der Waals surface area contributed by atoms with Crippen LogP contribution in [0.1, 0.15) is 46.5 Å². The van der Waals surface area contributed by atoms with Crippen molar-refractivity contribution in [2.24, 2.45) is 22.7 Å². The molecule has 3 unspecified atom stereocenters. The Morgan fingerprint density at radius 1 is 1.29 bits per heavy atom. The van der Waals surface area contributed by atoms with Crippen LogP contribution in [-0.4, -0.2) is 18.9 Å². The SMILES string of the molecule is COC(=O)C1CC2C(C)(C)CCCC2(C)C1=O. The molecular weight excluding hydrogens is 216 g/mol. The third-order valence-corrected chi connectivity index (χ3v) is 5.07. The summed E-state index contributed by atoms with van der Waals surface area (Å²) in [5, 5.41) is 0. The molecule has 0 aliphatic heterocycles. The maximum Gasteiger partial charge on any atom is 0.316 e. The highest BCUT2D eigenvalue weighted by Gasteiger charge is 2.59. The quantitative estimate of drug-likeness (QED) is 0.521. The third kappa shape index (κ3) is 1.71. The first-order chi connectivity index (χ1) is 7.83. The van der Waals surface area contributed by atoms with Crippen molar-refractivity contribution in [2.45, 2.75) is 46.5 Å². The highest BCUT2D eigenvalue weighted by molar-refractivity contribution is 6.03. The molecule has 3 heteroatoms. The van der Waals surface area contributed by atoms with Crippen LogP contribution in [0, 0.1) is 22.7 Å². The standard InChI is InChI=1S/C14H22O3/c1-13(2)6-5-7-14(3)10(13)8-9(11(14)15)12(16)17-4/h9-10H,5-8H2,1-4H3. The number of ether oxygens (including phenoxy) is 1. The molecule has 2 fully saturated rings. The van der Waals surface area contributed by atoms with Crippen molar-refractivity contribution in [3.05, 3.63) is 0 Å². The Balaban J connectivity index is 2.33. The Bertz CT molecular complexity index is 358. The number of hydrogen-bond acceptors (Lipinski definition) is 3. The van der Waals surface area contributed by atoms with E-state index in [-0.39, 0.29) is 22.6 Å². The second kappa shape index (κ2) is 3.82. The molecule has 0 spiro atoms. The van der Waals surface area contributed by atoms with Crippen LogP contribution in [0.15, 0.2) is 0 Å². The molecule has 0 aromatic heterocycles. The van der Waals surface area contributed by atoms with Crippen LogP contribution in [0.4, 0.5) is 0 Å². The predicted octanol–water partition coefficient (Wildman–Crippen LogP) is 2.58. The third-order valence-electron chi connectivity index (χ3n) is 5.07. The number of rotatable bonds is 1. The maximum absolute atomic E-state index is 12.4. The average Bonchev–Trinajstić information content (AvgIpc) is 2.52. The van der Waals surface area contributed by atoms with Crippen molar-refractivity contribution < 1.29 is 14.3 Å². The number of Topliss-reactive ketones (excluding diaryl/α,β-unsaturated/α-hetero) is 1. The predicted molar refractivity (Wildman–Crippen MR) is 64.4 cm³/mol. The fourth-order valence-electron chi connectivity index (χ4n) is 4.08. The molecular formula is C14H22O3. The minimum absolute atomic E-state index is 0.113. The van der Waals surface area contributed by atoms with E-state index in [1.54, 1.807) is 0 Å². The fraction of sp³-hybridized carbons (Fsp3) is 0.857. The van der Waals surface area contributed by atoms with Gasteiger partial charge in [0, 0.05) is 5.41 Å². The largest absolute Gasteiger partial charge is 0.468 e. The molecule has 17 heavy (non-hydrogen) atoms. The van der Waals surface area contributed by atoms with E-state index in [1.807, 2.05) is 6.92 Å². The van der Waals surface area contributed by atoms with Gasteiger partial charge in [-0.3, -0.25) is 9.59 Å². The van der Waals surface area contributed by atoms with Gasteiger partial charge in [0.1, 0.15) is 5.92 Å². The number of carbonyl (C=O) groups excluding carboxylic acids is 2. The lowest BCUT2D eigenvalue weighted by molar-refractivity contribution is -0.149. The van der Waals surface area contributed by atoms with E-state index in [9.17, 15) is 9.59 Å². The smallest absolute Gasteiger partial charge is 0.316 e. The molecule has 2 aliphatic carbocycles. The fourth-order valence-corrected chi connectivity index (χ4v) is 4.08. The van der Waals surface area contributed by atoms with Gasteiger partial charge in [0.25, 0.3) is 0 Å². The molecule has 0 N–H and O–H groups in total. The van der Waals surface area contributed by atoms with Crippen LogP contribution < -0.4 is 0 Å². The van der Waals surface area contributed by atoms with E-state index in [1.165, 1.54) is 7.11 Å². The first-order valence-corrected chi connectivity index (χ1v) is 6.45. The molecule has 2 saturated carbocycles. The van der Waals surface area contributed by atoms with Crippen molar-refractivity contribution >= 4 is 11.8 Å². The first kappa shape index (κ1) is 12.6. The summed E-state index contributed by atoms with van der Waals surface area (Å²) in [4.78, 5) is 24.1. The van der Waals surface area contributed by atoms with Gasteiger partial charge in [0.15, 0.2) is 5.78 Å². The highest BCUT2D eigenvalue weighted by atomic mass is 16.5. The molecule has 0 heterocycles. The number of fused-ring (bicyclic) bond motifs is 1. The maximum atomic E-state index is 12.4. The Morgan fingerprint density at radius 3 is 2.47 bits per heavy atom. The summed E-state index contributed by atoms with van der Waals surface area (Å²) >= 11 is 0. The number of carbonyl (C=O) groups is 2. The van der Waals surface area contributed by atoms with E-state index in [0.29, 0.717) is 12.3 Å². The molecule has 96 valence electrons. The Hall–Kier alpha value is -0.860. The van der Waals surface area contributed by atoms with E-state index in [4.69, 9.17) is 4.74 Å². The van der Waals surface area contributed by atoms with Crippen molar-refractivity contribution in [3.8, 4) is 0 Å². The van der Waals surface area contributed by atoms with Crippen LogP contribution in [0.5, 0.6) is 0 Å². The van der Waals surface area contributed by atoms with E-state index < -0.39 is 5.92 Å². The zero-order valence-corrected chi connectivity index (χ0v) is 11.2. The van der Waals surface area contributed by atoms with Gasteiger partial charge in [-0.2, -0.15) is 0 Å². The topological polar surface area (TPSA) is 43.4 Å². The summed E-state index contributed by atoms with van der Waals surface area (Å²) in [7, 11) is 1.37. The molecule has 2 aliphatic rings. The lowest BCUT2D eigenvalue weighted by Crippen LogP contribution is -2.42. The van der Waals surface area contributed by atoms with Gasteiger partial charge in [-0.1, -0.05) is 27.2 Å². The number of esters is 1. The molecule has 3 nitrogen and oxygen atoms in total. The van der Waals surface area contributed by atoms with Gasteiger partial charge < -0.3 is 4.74 Å². The minimum atomic E-state index is -0.521. The normalized spacial score (nSPS) is 39.9. The number of ketones is 1. The lowest BCUT2D eigenvalue weighted by atomic mass is 9.58. The lowest BCUT2D eigenvalue weighted by Gasteiger charge is -2.46. The van der Waals surface area contributed by atoms with Gasteiger partial charge >= 0.3 is 5.97 Å². The van der Waals surface area contributed by atoms with Crippen LogP contribution in [0.25, 0.3) is 0 Å². The molecule has 2 rings (SSSR count). The molecule has 0 saturated heterocycles. The van der Waals surface area contributed by atoms with Crippen LogP contribution in [0.2, 0.25) is 0 Å². The van der Waals surface area contributed by atoms with Gasteiger partial charge in [-0.15, -0.1) is 0 Å². The van der Waals surface area contributed by atoms with Gasteiger partial charge in [0.2, 0.25) is 0 Å². The second-order valence-electron chi connectivity index (χ2n) is 6.49. The summed E-state index contributed by atoms with van der Waals surface area (Å²) < 4.78 is 4.76. The van der Waals surface area contributed by atoms with E-state index in [2.05, 4.69) is 13.8 Å². The molecule has 0 aromatic rings. The second-order valence-corrected chi connectivity index (χ2v) is 6.49. The van der Waals surface area contributed by atoms with Crippen molar-refractivity contribution in [1.82, 2.24) is 0 Å². The van der Waals surface area contributed by atoms with E-state index in [0.717, 1.165) is 19.3 Å². The Morgan fingerprint density at radius 2 is 1.94 bits per heavy atom. The monoisotopic (exact) mass is 238 g/mol. The molecule has 0 amide bonds. The van der Waals surface area contributed by atoms with Gasteiger partial charge in [0.05, 0.1) is 7.11 Å². The van der Waals surface area contributed by atoms with Crippen molar-refractivity contribution in [3.63, 3.8) is 0 Å². The molecule has 0 aromatic carbocycles. The van der Waals surface area contributed by atoms with Crippen LogP contribution in [0.3, 0.4) is 0 Å². The van der Waals surface area contributed by atoms with Gasteiger partial charge in [-0.05, 0) is 30.6 Å². The zero-order valence-electron chi connectivity index (χ0n) is 11.2. The number of methoxy groups -OCH3 is 1. The van der Waals surface area contributed by atoms with Crippen molar-refractivity contribution in [2.75, 3.05) is 7.11 Å². The Kier molecular flexibility index (Phi) is 2.83. The van der Waals surface area contributed by atoms with Crippen molar-refractivity contribution in [1.29, 1.82) is 0 Å². The summed E-state index contributed by atoms with van der Waals surface area (Å²) in [6, 6.07) is 0. The molecule has 0 radical (unpaired) electrons. The minimum Gasteiger partial charge on any atom is -0.468 e. The summed E-state index contributed by atoms with van der Waals surface area (Å²) in [5.74, 6) is -0.434. The first-order valence-electron chi connectivity index (χ1n) is 6.45. The Labute approximate surface area is 103 Å².